The summed E-state index contributed by atoms with van der Waals surface area (Å²) in [4.78, 5) is 4.67. The van der Waals surface area contributed by atoms with Crippen LogP contribution in [-0.2, 0) is 0 Å². The van der Waals surface area contributed by atoms with E-state index in [-0.39, 0.29) is 0 Å². The predicted octanol–water partition coefficient (Wildman–Crippen LogP) is 2.93. The summed E-state index contributed by atoms with van der Waals surface area (Å²) in [5.74, 6) is 0. The summed E-state index contributed by atoms with van der Waals surface area (Å²) in [7, 11) is 0. The van der Waals surface area contributed by atoms with Crippen molar-refractivity contribution in [3.8, 4) is 0 Å². The molecule has 4 nitrogen and oxygen atoms in total. The average Bonchev–Trinajstić information content (AvgIpc) is 2.77. The number of rotatable bonds is 0. The molecular weight excluding hydrogens is 236 g/mol. The van der Waals surface area contributed by atoms with Gasteiger partial charge in [-0.15, -0.1) is 0 Å². The molecule has 0 saturated heterocycles. The number of nitrogen functional groups attached to an aromatic ring is 1. The number of nitrogens with zero attached hydrogens (tertiary/aromatic N) is 3. The molecule has 2 heterocycles. The Morgan fingerprint density at radius 3 is 2.68 bits per heavy atom. The minimum absolute atomic E-state index is 0.719. The lowest BCUT2D eigenvalue weighted by atomic mass is 10.1. The van der Waals surface area contributed by atoms with Crippen molar-refractivity contribution in [1.82, 2.24) is 14.6 Å². The second-order valence-corrected chi connectivity index (χ2v) is 4.73. The molecule has 0 unspecified atom stereocenters. The van der Waals surface area contributed by atoms with E-state index in [1.165, 1.54) is 0 Å². The molecule has 0 aliphatic carbocycles. The number of benzene rings is 2. The van der Waals surface area contributed by atoms with Gasteiger partial charge < -0.3 is 5.73 Å². The van der Waals surface area contributed by atoms with Crippen LogP contribution in [0.15, 0.2) is 42.5 Å². The van der Waals surface area contributed by atoms with Gasteiger partial charge in [0.15, 0.2) is 5.65 Å². The summed E-state index contributed by atoms with van der Waals surface area (Å²) in [5.41, 5.74) is 10.3. The SMILES string of the molecule is Cc1nn2c3ccc(N)cc3nc2c2ccccc12. The third kappa shape index (κ3) is 1.34. The molecule has 0 bridgehead atoms. The first kappa shape index (κ1) is 10.3. The van der Waals surface area contributed by atoms with Gasteiger partial charge in [0.25, 0.3) is 0 Å². The molecule has 4 aromatic rings. The van der Waals surface area contributed by atoms with Gasteiger partial charge in [-0.2, -0.15) is 5.10 Å². The number of aromatic nitrogens is 3. The number of hydrogen-bond acceptors (Lipinski definition) is 3. The number of fused-ring (bicyclic) bond motifs is 5. The second-order valence-electron chi connectivity index (χ2n) is 4.73. The minimum atomic E-state index is 0.719. The number of hydrogen-bond donors (Lipinski definition) is 1. The molecule has 0 amide bonds. The van der Waals surface area contributed by atoms with Crippen LogP contribution >= 0.6 is 0 Å². The zero-order valence-corrected chi connectivity index (χ0v) is 10.5. The highest BCUT2D eigenvalue weighted by molar-refractivity contribution is 5.98. The first-order valence-electron chi connectivity index (χ1n) is 6.17. The Kier molecular flexibility index (Phi) is 1.87. The molecule has 2 N–H and O–H groups in total. The van der Waals surface area contributed by atoms with Crippen LogP contribution in [0.4, 0.5) is 5.69 Å². The fourth-order valence-electron chi connectivity index (χ4n) is 2.56. The maximum Gasteiger partial charge on any atom is 0.162 e. The van der Waals surface area contributed by atoms with Crippen molar-refractivity contribution in [2.75, 3.05) is 5.73 Å². The molecule has 0 aliphatic heterocycles. The Morgan fingerprint density at radius 1 is 1.05 bits per heavy atom. The molecule has 0 atom stereocenters. The molecule has 0 aliphatic rings. The van der Waals surface area contributed by atoms with Crippen LogP contribution in [0.1, 0.15) is 5.69 Å². The van der Waals surface area contributed by atoms with Gasteiger partial charge >= 0.3 is 0 Å². The van der Waals surface area contributed by atoms with Gasteiger partial charge in [-0.05, 0) is 25.1 Å². The molecule has 0 spiro atoms. The van der Waals surface area contributed by atoms with Crippen molar-refractivity contribution in [1.29, 1.82) is 0 Å². The summed E-state index contributed by atoms with van der Waals surface area (Å²) in [6.45, 7) is 2.02. The number of anilines is 1. The van der Waals surface area contributed by atoms with Gasteiger partial charge in [0.2, 0.25) is 0 Å². The first-order chi connectivity index (χ1) is 9.24. The molecule has 0 fully saturated rings. The van der Waals surface area contributed by atoms with Crippen molar-refractivity contribution in [2.45, 2.75) is 6.92 Å². The van der Waals surface area contributed by atoms with E-state index in [2.05, 4.69) is 22.2 Å². The topological polar surface area (TPSA) is 56.2 Å². The van der Waals surface area contributed by atoms with E-state index >= 15 is 0 Å². The van der Waals surface area contributed by atoms with Crippen LogP contribution in [0.5, 0.6) is 0 Å². The quantitative estimate of drug-likeness (QED) is 0.487. The monoisotopic (exact) mass is 248 g/mol. The van der Waals surface area contributed by atoms with Crippen molar-refractivity contribution in [3.05, 3.63) is 48.2 Å². The molecule has 2 aromatic heterocycles. The van der Waals surface area contributed by atoms with Crippen LogP contribution in [-0.4, -0.2) is 14.6 Å². The normalized spacial score (nSPS) is 11.6. The van der Waals surface area contributed by atoms with Crippen LogP contribution in [0, 0.1) is 6.92 Å². The largest absolute Gasteiger partial charge is 0.399 e. The van der Waals surface area contributed by atoms with Crippen LogP contribution in [0.25, 0.3) is 27.5 Å². The molecular formula is C15H12N4. The van der Waals surface area contributed by atoms with Crippen molar-refractivity contribution in [3.63, 3.8) is 0 Å². The van der Waals surface area contributed by atoms with Crippen LogP contribution < -0.4 is 5.73 Å². The standard InChI is InChI=1S/C15H12N4/c1-9-11-4-2-3-5-12(11)15-17-13-8-10(16)6-7-14(13)19(15)18-9/h2-8H,16H2,1H3. The number of nitrogens with two attached hydrogens (primary N) is 1. The molecule has 0 radical (unpaired) electrons. The highest BCUT2D eigenvalue weighted by Gasteiger charge is 2.10. The highest BCUT2D eigenvalue weighted by atomic mass is 15.3. The third-order valence-corrected chi connectivity index (χ3v) is 3.46. The van der Waals surface area contributed by atoms with Crippen molar-refractivity contribution in [2.24, 2.45) is 0 Å². The van der Waals surface area contributed by atoms with Gasteiger partial charge in [0.05, 0.1) is 16.7 Å². The highest BCUT2D eigenvalue weighted by Crippen LogP contribution is 2.25. The third-order valence-electron chi connectivity index (χ3n) is 3.46. The summed E-state index contributed by atoms with van der Waals surface area (Å²) in [6, 6.07) is 13.9. The van der Waals surface area contributed by atoms with Gasteiger partial charge in [0, 0.05) is 16.5 Å². The van der Waals surface area contributed by atoms with E-state index < -0.39 is 0 Å². The summed E-state index contributed by atoms with van der Waals surface area (Å²) in [5, 5.41) is 6.89. The molecule has 92 valence electrons. The van der Waals surface area contributed by atoms with Crippen LogP contribution in [0.3, 0.4) is 0 Å². The Hall–Kier alpha value is -2.62. The minimum Gasteiger partial charge on any atom is -0.399 e. The molecule has 19 heavy (non-hydrogen) atoms. The lowest BCUT2D eigenvalue weighted by Gasteiger charge is -2.03. The maximum absolute atomic E-state index is 5.82. The van der Waals surface area contributed by atoms with Crippen molar-refractivity contribution < 1.29 is 0 Å². The van der Waals surface area contributed by atoms with E-state index in [0.717, 1.165) is 38.8 Å². The van der Waals surface area contributed by atoms with Gasteiger partial charge in [-0.3, -0.25) is 0 Å². The smallest absolute Gasteiger partial charge is 0.162 e. The van der Waals surface area contributed by atoms with Gasteiger partial charge in [-0.25, -0.2) is 9.50 Å². The summed E-state index contributed by atoms with van der Waals surface area (Å²) >= 11 is 0. The molecule has 2 aromatic carbocycles. The van der Waals surface area contributed by atoms with E-state index in [1.54, 1.807) is 0 Å². The van der Waals surface area contributed by atoms with E-state index in [9.17, 15) is 0 Å². The van der Waals surface area contributed by atoms with Gasteiger partial charge in [-0.1, -0.05) is 24.3 Å². The summed E-state index contributed by atoms with van der Waals surface area (Å²) in [6.07, 6.45) is 0. The van der Waals surface area contributed by atoms with Gasteiger partial charge in [0.1, 0.15) is 0 Å². The number of imidazole rings is 1. The number of aryl methyl sites for hydroxylation is 1. The van der Waals surface area contributed by atoms with E-state index in [4.69, 9.17) is 5.73 Å². The fraction of sp³-hybridized carbons (Fsp3) is 0.0667. The molecule has 4 rings (SSSR count). The first-order valence-corrected chi connectivity index (χ1v) is 6.17. The lowest BCUT2D eigenvalue weighted by Crippen LogP contribution is -1.96. The van der Waals surface area contributed by atoms with Crippen molar-refractivity contribution >= 4 is 33.1 Å². The molecule has 0 saturated carbocycles. The zero-order valence-electron chi connectivity index (χ0n) is 10.5. The predicted molar refractivity (Wildman–Crippen MR) is 77.1 cm³/mol. The Morgan fingerprint density at radius 2 is 1.84 bits per heavy atom. The average molecular weight is 248 g/mol. The van der Waals surface area contributed by atoms with Crippen LogP contribution in [0.2, 0.25) is 0 Å². The Labute approximate surface area is 109 Å². The zero-order chi connectivity index (χ0) is 13.0. The second kappa shape index (κ2) is 3.45. The summed E-state index contributed by atoms with van der Waals surface area (Å²) < 4.78 is 1.90. The lowest BCUT2D eigenvalue weighted by molar-refractivity contribution is 0.942. The Bertz CT molecular complexity index is 937. The molecule has 4 heteroatoms. The fourth-order valence-corrected chi connectivity index (χ4v) is 2.56. The van der Waals surface area contributed by atoms with E-state index in [0.29, 0.717) is 0 Å². The Balaban J connectivity index is 2.31. The maximum atomic E-state index is 5.82. The van der Waals surface area contributed by atoms with E-state index in [1.807, 2.05) is 41.8 Å².